The van der Waals surface area contributed by atoms with Crippen LogP contribution in [0.1, 0.15) is 51.9 Å². The number of carbonyl (C=O) groups excluding carboxylic acids is 1. The van der Waals surface area contributed by atoms with Crippen molar-refractivity contribution in [2.75, 3.05) is 6.54 Å². The summed E-state index contributed by atoms with van der Waals surface area (Å²) in [5.74, 6) is 2.41. The van der Waals surface area contributed by atoms with E-state index in [1.54, 1.807) is 0 Å². The minimum Gasteiger partial charge on any atom is -0.388 e. The maximum absolute atomic E-state index is 11.9. The highest BCUT2D eigenvalue weighted by Crippen LogP contribution is 2.49. The van der Waals surface area contributed by atoms with Gasteiger partial charge in [0.1, 0.15) is 0 Å². The molecule has 0 heterocycles. The van der Waals surface area contributed by atoms with Crippen LogP contribution in [-0.4, -0.2) is 29.3 Å². The monoisotopic (exact) mass is 266 g/mol. The summed E-state index contributed by atoms with van der Waals surface area (Å²) in [4.78, 5) is 11.9. The van der Waals surface area contributed by atoms with E-state index in [9.17, 15) is 9.90 Å². The van der Waals surface area contributed by atoms with Gasteiger partial charge in [-0.2, -0.15) is 0 Å². The van der Waals surface area contributed by atoms with E-state index < -0.39 is 5.60 Å². The maximum Gasteiger partial charge on any atom is 0.315 e. The highest BCUT2D eigenvalue weighted by Gasteiger charge is 2.42. The summed E-state index contributed by atoms with van der Waals surface area (Å²) in [6.45, 7) is 2.52. The second-order valence-electron chi connectivity index (χ2n) is 7.03. The molecule has 0 aliphatic heterocycles. The van der Waals surface area contributed by atoms with Crippen LogP contribution >= 0.6 is 0 Å². The number of aliphatic hydroxyl groups is 1. The van der Waals surface area contributed by atoms with Crippen LogP contribution < -0.4 is 10.6 Å². The number of fused-ring (bicyclic) bond motifs is 2. The standard InChI is InChI=1S/C15H26N2O2/c1-10(13-8-11-3-4-12(13)7-11)17-14(18)16-9-15(19)5-2-6-15/h10-13,19H,2-9H2,1H3,(H2,16,17,18). The fourth-order valence-corrected chi connectivity index (χ4v) is 4.28. The van der Waals surface area contributed by atoms with Gasteiger partial charge < -0.3 is 15.7 Å². The summed E-state index contributed by atoms with van der Waals surface area (Å²) in [5, 5.41) is 15.8. The van der Waals surface area contributed by atoms with Gasteiger partial charge >= 0.3 is 6.03 Å². The molecule has 4 heteroatoms. The van der Waals surface area contributed by atoms with Crippen molar-refractivity contribution < 1.29 is 9.90 Å². The third kappa shape index (κ3) is 2.73. The second kappa shape index (κ2) is 4.97. The van der Waals surface area contributed by atoms with Gasteiger partial charge in [-0.15, -0.1) is 0 Å². The Kier molecular flexibility index (Phi) is 3.46. The number of urea groups is 1. The Morgan fingerprint density at radius 2 is 2.16 bits per heavy atom. The first-order valence-corrected chi connectivity index (χ1v) is 7.82. The summed E-state index contributed by atoms with van der Waals surface area (Å²) in [6, 6.07) is 0.141. The number of hydrogen-bond acceptors (Lipinski definition) is 2. The van der Waals surface area contributed by atoms with Gasteiger partial charge in [-0.1, -0.05) is 6.42 Å². The average Bonchev–Trinajstić information content (AvgIpc) is 2.96. The number of carbonyl (C=O) groups is 1. The van der Waals surface area contributed by atoms with Crippen molar-refractivity contribution in [3.8, 4) is 0 Å². The molecule has 3 aliphatic rings. The molecule has 0 aromatic carbocycles. The Labute approximate surface area is 115 Å². The zero-order chi connectivity index (χ0) is 13.5. The highest BCUT2D eigenvalue weighted by molar-refractivity contribution is 5.74. The Balaban J connectivity index is 1.41. The first kappa shape index (κ1) is 13.2. The fraction of sp³-hybridized carbons (Fsp3) is 0.933. The van der Waals surface area contributed by atoms with Gasteiger partial charge in [0, 0.05) is 12.6 Å². The second-order valence-corrected chi connectivity index (χ2v) is 7.03. The van der Waals surface area contributed by atoms with Gasteiger partial charge in [0.2, 0.25) is 0 Å². The lowest BCUT2D eigenvalue weighted by Crippen LogP contribution is -2.52. The predicted molar refractivity (Wildman–Crippen MR) is 73.7 cm³/mol. The Bertz CT molecular complexity index is 354. The summed E-state index contributed by atoms with van der Waals surface area (Å²) < 4.78 is 0. The molecule has 3 aliphatic carbocycles. The van der Waals surface area contributed by atoms with Gasteiger partial charge in [0.15, 0.2) is 0 Å². The van der Waals surface area contributed by atoms with E-state index in [0.29, 0.717) is 12.5 Å². The van der Waals surface area contributed by atoms with Crippen LogP contribution in [0.4, 0.5) is 4.79 Å². The Hall–Kier alpha value is -0.770. The third-order valence-corrected chi connectivity index (χ3v) is 5.66. The van der Waals surface area contributed by atoms with Crippen LogP contribution in [-0.2, 0) is 0 Å². The number of amides is 2. The highest BCUT2D eigenvalue weighted by atomic mass is 16.3. The molecule has 3 fully saturated rings. The largest absolute Gasteiger partial charge is 0.388 e. The minimum atomic E-state index is -0.632. The molecule has 3 saturated carbocycles. The Morgan fingerprint density at radius 1 is 1.37 bits per heavy atom. The normalized spacial score (nSPS) is 36.6. The molecule has 4 unspecified atom stereocenters. The summed E-state index contributed by atoms with van der Waals surface area (Å²) >= 11 is 0. The summed E-state index contributed by atoms with van der Waals surface area (Å²) in [5.41, 5.74) is -0.632. The Morgan fingerprint density at radius 3 is 2.68 bits per heavy atom. The van der Waals surface area contributed by atoms with Crippen molar-refractivity contribution in [1.82, 2.24) is 10.6 Å². The topological polar surface area (TPSA) is 61.4 Å². The van der Waals surface area contributed by atoms with Crippen LogP contribution in [0.2, 0.25) is 0 Å². The smallest absolute Gasteiger partial charge is 0.315 e. The van der Waals surface area contributed by atoms with E-state index in [2.05, 4.69) is 17.6 Å². The maximum atomic E-state index is 11.9. The summed E-state index contributed by atoms with van der Waals surface area (Å²) in [7, 11) is 0. The van der Waals surface area contributed by atoms with Crippen molar-refractivity contribution in [3.05, 3.63) is 0 Å². The molecular formula is C15H26N2O2. The van der Waals surface area contributed by atoms with E-state index >= 15 is 0 Å². The van der Waals surface area contributed by atoms with E-state index in [0.717, 1.165) is 31.1 Å². The first-order valence-electron chi connectivity index (χ1n) is 7.82. The van der Waals surface area contributed by atoms with Gasteiger partial charge in [-0.25, -0.2) is 4.79 Å². The van der Waals surface area contributed by atoms with E-state index in [-0.39, 0.29) is 12.1 Å². The predicted octanol–water partition coefficient (Wildman–Crippen LogP) is 2.03. The molecule has 0 saturated heterocycles. The molecule has 3 N–H and O–H groups in total. The summed E-state index contributed by atoms with van der Waals surface area (Å²) in [6.07, 6.45) is 8.11. The zero-order valence-electron chi connectivity index (χ0n) is 11.8. The average molecular weight is 266 g/mol. The first-order chi connectivity index (χ1) is 9.06. The molecule has 19 heavy (non-hydrogen) atoms. The molecule has 4 atom stereocenters. The molecule has 3 rings (SSSR count). The fourth-order valence-electron chi connectivity index (χ4n) is 4.28. The van der Waals surface area contributed by atoms with Crippen molar-refractivity contribution in [3.63, 3.8) is 0 Å². The SMILES string of the molecule is CC(NC(=O)NCC1(O)CCC1)C1CC2CCC1C2. The molecule has 2 bridgehead atoms. The quantitative estimate of drug-likeness (QED) is 0.729. The van der Waals surface area contributed by atoms with Gasteiger partial charge in [0.25, 0.3) is 0 Å². The van der Waals surface area contributed by atoms with Crippen LogP contribution in [0.25, 0.3) is 0 Å². The zero-order valence-corrected chi connectivity index (χ0v) is 11.8. The molecule has 108 valence electrons. The van der Waals surface area contributed by atoms with E-state index in [4.69, 9.17) is 0 Å². The van der Waals surface area contributed by atoms with Crippen LogP contribution in [0.5, 0.6) is 0 Å². The van der Waals surface area contributed by atoms with Crippen LogP contribution in [0.15, 0.2) is 0 Å². The van der Waals surface area contributed by atoms with Crippen LogP contribution in [0.3, 0.4) is 0 Å². The minimum absolute atomic E-state index is 0.115. The van der Waals surface area contributed by atoms with Crippen molar-refractivity contribution >= 4 is 6.03 Å². The lowest BCUT2D eigenvalue weighted by atomic mass is 9.80. The molecule has 2 amide bonds. The molecule has 0 radical (unpaired) electrons. The molecular weight excluding hydrogens is 240 g/mol. The number of hydrogen-bond donors (Lipinski definition) is 3. The van der Waals surface area contributed by atoms with Crippen molar-refractivity contribution in [1.29, 1.82) is 0 Å². The van der Waals surface area contributed by atoms with Crippen LogP contribution in [0, 0.1) is 17.8 Å². The molecule has 0 aromatic rings. The lowest BCUT2D eigenvalue weighted by Gasteiger charge is -2.36. The van der Waals surface area contributed by atoms with E-state index in [1.807, 2.05) is 0 Å². The number of rotatable bonds is 4. The van der Waals surface area contributed by atoms with Gasteiger partial charge in [0.05, 0.1) is 5.60 Å². The van der Waals surface area contributed by atoms with Gasteiger partial charge in [-0.3, -0.25) is 0 Å². The van der Waals surface area contributed by atoms with Gasteiger partial charge in [-0.05, 0) is 63.2 Å². The molecule has 4 nitrogen and oxygen atoms in total. The van der Waals surface area contributed by atoms with E-state index in [1.165, 1.54) is 25.7 Å². The number of nitrogens with one attached hydrogen (secondary N) is 2. The molecule has 0 aromatic heterocycles. The molecule has 0 spiro atoms. The van der Waals surface area contributed by atoms with Crippen molar-refractivity contribution in [2.45, 2.75) is 63.5 Å². The lowest BCUT2D eigenvalue weighted by molar-refractivity contribution is -0.0291. The van der Waals surface area contributed by atoms with Crippen molar-refractivity contribution in [2.24, 2.45) is 17.8 Å². The third-order valence-electron chi connectivity index (χ3n) is 5.66.